The van der Waals surface area contributed by atoms with Gasteiger partial charge in [0.15, 0.2) is 17.1 Å². The largest absolute Gasteiger partial charge is 0.486 e. The van der Waals surface area contributed by atoms with Crippen molar-refractivity contribution < 1.29 is 9.47 Å². The van der Waals surface area contributed by atoms with Gasteiger partial charge in [-0.1, -0.05) is 6.07 Å². The van der Waals surface area contributed by atoms with Gasteiger partial charge in [0.25, 0.3) is 5.56 Å². The van der Waals surface area contributed by atoms with Crippen LogP contribution >= 0.6 is 0 Å². The highest BCUT2D eigenvalue weighted by Gasteiger charge is 2.19. The number of rotatable bonds is 1. The van der Waals surface area contributed by atoms with Crippen LogP contribution < -0.4 is 20.7 Å². The molecule has 8 heteroatoms. The average Bonchev–Trinajstić information content (AvgIpc) is 2.90. The standard InChI is InChI=1S/C13H10N4O4/c18-12-8-11(16-13(19)17-12)15-10(14-8)6-2-1-3-7-9(6)21-5-4-20-7/h1-3H,4-5H2,(H3,14,15,16,17,18,19). The second-order valence-corrected chi connectivity index (χ2v) is 4.55. The van der Waals surface area contributed by atoms with Crippen LogP contribution in [0, 0.1) is 0 Å². The molecule has 3 aromatic rings. The van der Waals surface area contributed by atoms with Crippen molar-refractivity contribution in [1.82, 2.24) is 19.9 Å². The fraction of sp³-hybridized carbons (Fsp3) is 0.154. The Bertz CT molecular complexity index is 953. The molecule has 0 radical (unpaired) electrons. The van der Waals surface area contributed by atoms with Crippen molar-refractivity contribution in [2.75, 3.05) is 13.2 Å². The molecule has 0 aliphatic carbocycles. The first-order chi connectivity index (χ1) is 10.2. The molecule has 0 atom stereocenters. The number of benzene rings is 1. The van der Waals surface area contributed by atoms with Crippen molar-refractivity contribution in [3.8, 4) is 22.9 Å². The van der Waals surface area contributed by atoms with Gasteiger partial charge in [-0.15, -0.1) is 0 Å². The number of hydrogen-bond acceptors (Lipinski definition) is 5. The molecule has 3 N–H and O–H groups in total. The third kappa shape index (κ3) is 1.80. The Morgan fingerprint density at radius 3 is 2.81 bits per heavy atom. The second-order valence-electron chi connectivity index (χ2n) is 4.55. The number of ether oxygens (including phenoxy) is 2. The fourth-order valence-electron chi connectivity index (χ4n) is 2.32. The number of fused-ring (bicyclic) bond motifs is 2. The average molecular weight is 286 g/mol. The summed E-state index contributed by atoms with van der Waals surface area (Å²) in [5.41, 5.74) is -0.0367. The highest BCUT2D eigenvalue weighted by Crippen LogP contribution is 2.38. The van der Waals surface area contributed by atoms with Gasteiger partial charge < -0.3 is 14.5 Å². The molecule has 2 aromatic heterocycles. The Hall–Kier alpha value is -3.03. The molecule has 1 aliphatic heterocycles. The van der Waals surface area contributed by atoms with Gasteiger partial charge in [0.2, 0.25) is 0 Å². The smallest absolute Gasteiger partial charge is 0.327 e. The number of nitrogens with zero attached hydrogens (tertiary/aromatic N) is 1. The summed E-state index contributed by atoms with van der Waals surface area (Å²) in [6, 6.07) is 5.41. The third-order valence-corrected chi connectivity index (χ3v) is 3.21. The van der Waals surface area contributed by atoms with Crippen molar-refractivity contribution >= 4 is 11.2 Å². The van der Waals surface area contributed by atoms with Crippen LogP contribution in [-0.2, 0) is 0 Å². The minimum absolute atomic E-state index is 0.202. The molecule has 21 heavy (non-hydrogen) atoms. The first-order valence-electron chi connectivity index (χ1n) is 6.34. The van der Waals surface area contributed by atoms with Crippen molar-refractivity contribution in [1.29, 1.82) is 0 Å². The predicted molar refractivity (Wildman–Crippen MR) is 73.8 cm³/mol. The summed E-state index contributed by atoms with van der Waals surface area (Å²) in [7, 11) is 0. The van der Waals surface area contributed by atoms with Crippen molar-refractivity contribution in [2.45, 2.75) is 0 Å². The van der Waals surface area contributed by atoms with Crippen LogP contribution in [0.15, 0.2) is 27.8 Å². The van der Waals surface area contributed by atoms with Crippen molar-refractivity contribution in [2.24, 2.45) is 0 Å². The maximum atomic E-state index is 11.7. The molecule has 0 spiro atoms. The quantitative estimate of drug-likeness (QED) is 0.598. The summed E-state index contributed by atoms with van der Waals surface area (Å²) in [4.78, 5) is 34.8. The maximum absolute atomic E-state index is 11.7. The number of aromatic amines is 3. The Kier molecular flexibility index (Phi) is 2.37. The molecule has 8 nitrogen and oxygen atoms in total. The zero-order chi connectivity index (χ0) is 14.4. The molecule has 1 aromatic carbocycles. The zero-order valence-corrected chi connectivity index (χ0v) is 10.7. The van der Waals surface area contributed by atoms with Gasteiger partial charge in [0.1, 0.15) is 24.6 Å². The van der Waals surface area contributed by atoms with Crippen LogP contribution in [-0.4, -0.2) is 33.1 Å². The molecule has 4 rings (SSSR count). The first-order valence-corrected chi connectivity index (χ1v) is 6.34. The molecule has 0 unspecified atom stereocenters. The lowest BCUT2D eigenvalue weighted by molar-refractivity contribution is 0.172. The fourth-order valence-corrected chi connectivity index (χ4v) is 2.32. The van der Waals surface area contributed by atoms with Crippen LogP contribution in [0.2, 0.25) is 0 Å². The topological polar surface area (TPSA) is 113 Å². The number of imidazole rings is 1. The number of H-pyrrole nitrogens is 3. The molecule has 1 aliphatic rings. The van der Waals surface area contributed by atoms with E-state index in [0.29, 0.717) is 36.1 Å². The second kappa shape index (κ2) is 4.23. The third-order valence-electron chi connectivity index (χ3n) is 3.21. The minimum Gasteiger partial charge on any atom is -0.486 e. The van der Waals surface area contributed by atoms with Gasteiger partial charge in [0, 0.05) is 0 Å². The van der Waals surface area contributed by atoms with Gasteiger partial charge in [-0.3, -0.25) is 14.8 Å². The van der Waals surface area contributed by atoms with Gasteiger partial charge in [-0.25, -0.2) is 9.78 Å². The van der Waals surface area contributed by atoms with E-state index in [-0.39, 0.29) is 11.2 Å². The van der Waals surface area contributed by atoms with Crippen molar-refractivity contribution in [3.05, 3.63) is 39.0 Å². The van der Waals surface area contributed by atoms with E-state index in [0.717, 1.165) is 0 Å². The van der Waals surface area contributed by atoms with Crippen molar-refractivity contribution in [3.63, 3.8) is 0 Å². The van der Waals surface area contributed by atoms with Crippen LogP contribution in [0.3, 0.4) is 0 Å². The summed E-state index contributed by atoms with van der Waals surface area (Å²) in [5.74, 6) is 1.63. The van der Waals surface area contributed by atoms with Gasteiger partial charge in [-0.2, -0.15) is 0 Å². The maximum Gasteiger partial charge on any atom is 0.327 e. The number of aromatic nitrogens is 4. The van der Waals surface area contributed by atoms with E-state index < -0.39 is 11.2 Å². The van der Waals surface area contributed by atoms with Crippen LogP contribution in [0.25, 0.3) is 22.6 Å². The Morgan fingerprint density at radius 2 is 1.90 bits per heavy atom. The number of hydrogen-bond donors (Lipinski definition) is 3. The van der Waals surface area contributed by atoms with E-state index in [4.69, 9.17) is 9.47 Å². The predicted octanol–water partition coefficient (Wildman–Crippen LogP) is 0.378. The number of nitrogens with one attached hydrogen (secondary N) is 3. The normalized spacial score (nSPS) is 13.5. The molecule has 0 bridgehead atoms. The Balaban J connectivity index is 1.97. The highest BCUT2D eigenvalue weighted by molar-refractivity contribution is 5.78. The molecular weight excluding hydrogens is 276 g/mol. The zero-order valence-electron chi connectivity index (χ0n) is 10.7. The molecule has 3 heterocycles. The summed E-state index contributed by atoms with van der Waals surface area (Å²) in [5, 5.41) is 0. The van der Waals surface area contributed by atoms with Gasteiger partial charge >= 0.3 is 5.69 Å². The molecule has 0 amide bonds. The van der Waals surface area contributed by atoms with Gasteiger partial charge in [-0.05, 0) is 12.1 Å². The lowest BCUT2D eigenvalue weighted by atomic mass is 10.1. The molecule has 0 saturated heterocycles. The van der Waals surface area contributed by atoms with Crippen LogP contribution in [0.4, 0.5) is 0 Å². The Morgan fingerprint density at radius 1 is 1.05 bits per heavy atom. The van der Waals surface area contributed by atoms with E-state index in [9.17, 15) is 9.59 Å². The summed E-state index contributed by atoms with van der Waals surface area (Å²) >= 11 is 0. The van der Waals surface area contributed by atoms with E-state index in [1.165, 1.54) is 0 Å². The molecule has 0 fully saturated rings. The number of para-hydroxylation sites is 1. The van der Waals surface area contributed by atoms with E-state index in [2.05, 4.69) is 19.9 Å². The first kappa shape index (κ1) is 11.8. The van der Waals surface area contributed by atoms with E-state index in [1.807, 2.05) is 6.07 Å². The summed E-state index contributed by atoms with van der Waals surface area (Å²) in [6.45, 7) is 0.936. The molecular formula is C13H10N4O4. The lowest BCUT2D eigenvalue weighted by Crippen LogP contribution is -2.21. The highest BCUT2D eigenvalue weighted by atomic mass is 16.6. The molecule has 0 saturated carbocycles. The summed E-state index contributed by atoms with van der Waals surface area (Å²) < 4.78 is 11.1. The molecule has 106 valence electrons. The monoisotopic (exact) mass is 286 g/mol. The lowest BCUT2D eigenvalue weighted by Gasteiger charge is -2.20. The Labute approximate surface area is 116 Å². The van der Waals surface area contributed by atoms with Gasteiger partial charge in [0.05, 0.1) is 5.56 Å². The van der Waals surface area contributed by atoms with E-state index in [1.54, 1.807) is 12.1 Å². The van der Waals surface area contributed by atoms with E-state index >= 15 is 0 Å². The van der Waals surface area contributed by atoms with Crippen LogP contribution in [0.5, 0.6) is 11.5 Å². The SMILES string of the molecule is O=c1[nH]c(=O)c2[nH]c(-c3cccc4c3OCCO4)nc2[nH]1. The van der Waals surface area contributed by atoms with Crippen LogP contribution in [0.1, 0.15) is 0 Å². The summed E-state index contributed by atoms with van der Waals surface area (Å²) in [6.07, 6.45) is 0. The minimum atomic E-state index is -0.597.